The number of fused-ring (bicyclic) bond motifs is 1. The summed E-state index contributed by atoms with van der Waals surface area (Å²) < 4.78 is 4.45. The zero-order valence-electron chi connectivity index (χ0n) is 12.1. The molecule has 3 rings (SSSR count). The lowest BCUT2D eigenvalue weighted by molar-refractivity contribution is -0.122. The fraction of sp³-hybridized carbons (Fsp3) is 0.786. The van der Waals surface area contributed by atoms with Gasteiger partial charge in [0.15, 0.2) is 0 Å². The number of amides is 1. The maximum Gasteiger partial charge on any atom is 0.239 e. The molecule has 0 radical (unpaired) electrons. The Morgan fingerprint density at radius 3 is 3.00 bits per heavy atom. The molecule has 2 atom stereocenters. The van der Waals surface area contributed by atoms with Crippen LogP contribution in [0.15, 0.2) is 0 Å². The van der Waals surface area contributed by atoms with Crippen LogP contribution in [-0.2, 0) is 11.2 Å². The molecule has 1 amide bonds. The summed E-state index contributed by atoms with van der Waals surface area (Å²) in [5.41, 5.74) is 0. The van der Waals surface area contributed by atoms with Gasteiger partial charge in [0.05, 0.1) is 12.6 Å². The largest absolute Gasteiger partial charge is 0.350 e. The molecule has 1 saturated carbocycles. The lowest BCUT2D eigenvalue weighted by atomic mass is 9.88. The SMILES string of the molecule is CC(C)Cc1nsc(N2CC(=O)NC3CCCCC32)n1. The number of rotatable bonds is 3. The van der Waals surface area contributed by atoms with Gasteiger partial charge in [-0.15, -0.1) is 0 Å². The highest BCUT2D eigenvalue weighted by Gasteiger charge is 2.37. The minimum absolute atomic E-state index is 0.119. The second-order valence-corrected chi connectivity index (χ2v) is 6.98. The molecule has 0 bridgehead atoms. The van der Waals surface area contributed by atoms with E-state index in [0.717, 1.165) is 30.2 Å². The average molecular weight is 294 g/mol. The summed E-state index contributed by atoms with van der Waals surface area (Å²) in [6.07, 6.45) is 5.59. The molecule has 5 nitrogen and oxygen atoms in total. The molecule has 0 spiro atoms. The first-order valence-corrected chi connectivity index (χ1v) is 8.29. The quantitative estimate of drug-likeness (QED) is 0.926. The van der Waals surface area contributed by atoms with Crippen molar-refractivity contribution in [3.63, 3.8) is 0 Å². The normalized spacial score (nSPS) is 26.6. The molecule has 1 aliphatic carbocycles. The number of nitrogens with zero attached hydrogens (tertiary/aromatic N) is 3. The minimum Gasteiger partial charge on any atom is -0.350 e. The van der Waals surface area contributed by atoms with Crippen LogP contribution in [-0.4, -0.2) is 33.9 Å². The third-order valence-electron chi connectivity index (χ3n) is 4.08. The standard InChI is InChI=1S/C14H22N4OS/c1-9(2)7-12-16-14(20-17-12)18-8-13(19)15-10-5-3-4-6-11(10)18/h9-11H,3-8H2,1-2H3,(H,15,19). The summed E-state index contributed by atoms with van der Waals surface area (Å²) in [7, 11) is 0. The Bertz CT molecular complexity index is 487. The van der Waals surface area contributed by atoms with Gasteiger partial charge in [-0.1, -0.05) is 26.7 Å². The van der Waals surface area contributed by atoms with Crippen molar-refractivity contribution in [2.75, 3.05) is 11.4 Å². The van der Waals surface area contributed by atoms with Crippen LogP contribution in [0.5, 0.6) is 0 Å². The molecule has 1 aliphatic heterocycles. The van der Waals surface area contributed by atoms with Crippen molar-refractivity contribution >= 4 is 22.6 Å². The van der Waals surface area contributed by atoms with Crippen LogP contribution in [0.3, 0.4) is 0 Å². The predicted molar refractivity (Wildman–Crippen MR) is 80.0 cm³/mol. The molecule has 6 heteroatoms. The zero-order chi connectivity index (χ0) is 14.1. The van der Waals surface area contributed by atoms with Gasteiger partial charge in [0, 0.05) is 24.0 Å². The summed E-state index contributed by atoms with van der Waals surface area (Å²) in [5, 5.41) is 4.06. The van der Waals surface area contributed by atoms with E-state index >= 15 is 0 Å². The third-order valence-corrected chi connectivity index (χ3v) is 4.88. The van der Waals surface area contributed by atoms with Crippen LogP contribution in [0, 0.1) is 5.92 Å². The fourth-order valence-electron chi connectivity index (χ4n) is 3.20. The summed E-state index contributed by atoms with van der Waals surface area (Å²) >= 11 is 1.44. The number of carbonyl (C=O) groups is 1. The Labute approximate surface area is 123 Å². The van der Waals surface area contributed by atoms with Crippen molar-refractivity contribution in [1.29, 1.82) is 0 Å². The van der Waals surface area contributed by atoms with Crippen molar-refractivity contribution in [2.24, 2.45) is 5.92 Å². The minimum atomic E-state index is 0.119. The van der Waals surface area contributed by atoms with Crippen LogP contribution in [0.2, 0.25) is 0 Å². The molecule has 2 aliphatic rings. The van der Waals surface area contributed by atoms with Crippen LogP contribution in [0.25, 0.3) is 0 Å². The van der Waals surface area contributed by atoms with Gasteiger partial charge >= 0.3 is 0 Å². The van der Waals surface area contributed by atoms with Gasteiger partial charge < -0.3 is 10.2 Å². The number of aromatic nitrogens is 2. The van der Waals surface area contributed by atoms with E-state index in [4.69, 9.17) is 0 Å². The molecule has 20 heavy (non-hydrogen) atoms. The number of anilines is 1. The monoisotopic (exact) mass is 294 g/mol. The lowest BCUT2D eigenvalue weighted by Gasteiger charge is -2.43. The van der Waals surface area contributed by atoms with Gasteiger partial charge in [0.2, 0.25) is 11.0 Å². The van der Waals surface area contributed by atoms with E-state index in [2.05, 4.69) is 33.4 Å². The van der Waals surface area contributed by atoms with Crippen molar-refractivity contribution in [1.82, 2.24) is 14.7 Å². The molecule has 2 heterocycles. The first-order chi connectivity index (χ1) is 9.63. The lowest BCUT2D eigenvalue weighted by Crippen LogP contribution is -2.61. The Balaban J connectivity index is 1.79. The third kappa shape index (κ3) is 2.80. The average Bonchev–Trinajstić information content (AvgIpc) is 2.85. The van der Waals surface area contributed by atoms with E-state index in [0.29, 0.717) is 24.5 Å². The molecular formula is C14H22N4OS. The molecule has 1 saturated heterocycles. The highest BCUT2D eigenvalue weighted by molar-refractivity contribution is 7.09. The van der Waals surface area contributed by atoms with Crippen LogP contribution in [0.1, 0.15) is 45.4 Å². The van der Waals surface area contributed by atoms with Crippen LogP contribution >= 0.6 is 11.5 Å². The zero-order valence-corrected chi connectivity index (χ0v) is 12.9. The number of hydrogen-bond acceptors (Lipinski definition) is 5. The Kier molecular flexibility index (Phi) is 3.92. The Morgan fingerprint density at radius 2 is 2.20 bits per heavy atom. The molecular weight excluding hydrogens is 272 g/mol. The van der Waals surface area contributed by atoms with E-state index in [1.165, 1.54) is 24.4 Å². The fourth-order valence-corrected chi connectivity index (χ4v) is 3.95. The first kappa shape index (κ1) is 13.8. The molecule has 2 unspecified atom stereocenters. The molecule has 1 aromatic heterocycles. The van der Waals surface area contributed by atoms with Crippen molar-refractivity contribution < 1.29 is 4.79 Å². The number of carbonyl (C=O) groups excluding carboxylic acids is 1. The van der Waals surface area contributed by atoms with Gasteiger partial charge in [-0.2, -0.15) is 4.37 Å². The number of nitrogens with one attached hydrogen (secondary N) is 1. The van der Waals surface area contributed by atoms with E-state index < -0.39 is 0 Å². The number of piperazine rings is 1. The summed E-state index contributed by atoms with van der Waals surface area (Å²) in [6.45, 7) is 4.77. The molecule has 110 valence electrons. The maximum atomic E-state index is 11.9. The molecule has 0 aromatic carbocycles. The Morgan fingerprint density at radius 1 is 1.40 bits per heavy atom. The van der Waals surface area contributed by atoms with E-state index in [1.54, 1.807) is 0 Å². The molecule has 1 N–H and O–H groups in total. The van der Waals surface area contributed by atoms with Gasteiger partial charge in [0.1, 0.15) is 5.82 Å². The highest BCUT2D eigenvalue weighted by Crippen LogP contribution is 2.31. The van der Waals surface area contributed by atoms with E-state index in [-0.39, 0.29) is 5.91 Å². The Hall–Kier alpha value is -1.17. The van der Waals surface area contributed by atoms with E-state index in [9.17, 15) is 4.79 Å². The van der Waals surface area contributed by atoms with Crippen molar-refractivity contribution in [2.45, 2.75) is 58.0 Å². The first-order valence-electron chi connectivity index (χ1n) is 7.52. The topological polar surface area (TPSA) is 58.1 Å². The second kappa shape index (κ2) is 5.68. The second-order valence-electron chi connectivity index (χ2n) is 6.24. The van der Waals surface area contributed by atoms with Crippen LogP contribution in [0.4, 0.5) is 5.13 Å². The van der Waals surface area contributed by atoms with Crippen molar-refractivity contribution in [3.8, 4) is 0 Å². The smallest absolute Gasteiger partial charge is 0.239 e. The summed E-state index contributed by atoms with van der Waals surface area (Å²) in [6, 6.07) is 0.698. The van der Waals surface area contributed by atoms with Gasteiger partial charge in [-0.05, 0) is 18.8 Å². The van der Waals surface area contributed by atoms with Gasteiger partial charge in [-0.25, -0.2) is 4.98 Å². The van der Waals surface area contributed by atoms with Crippen molar-refractivity contribution in [3.05, 3.63) is 5.82 Å². The van der Waals surface area contributed by atoms with Gasteiger partial charge in [0.25, 0.3) is 0 Å². The van der Waals surface area contributed by atoms with Crippen LogP contribution < -0.4 is 10.2 Å². The maximum absolute atomic E-state index is 11.9. The highest BCUT2D eigenvalue weighted by atomic mass is 32.1. The van der Waals surface area contributed by atoms with Gasteiger partial charge in [-0.3, -0.25) is 4.79 Å². The summed E-state index contributed by atoms with van der Waals surface area (Å²) in [4.78, 5) is 18.7. The predicted octanol–water partition coefficient (Wildman–Crippen LogP) is 1.98. The van der Waals surface area contributed by atoms with E-state index in [1.807, 2.05) is 0 Å². The number of hydrogen-bond donors (Lipinski definition) is 1. The molecule has 2 fully saturated rings. The molecule has 1 aromatic rings. The summed E-state index contributed by atoms with van der Waals surface area (Å²) in [5.74, 6) is 1.59.